The first-order chi connectivity index (χ1) is 5.36. The molecule has 0 nitrogen and oxygen atoms in total. The van der Waals surface area contributed by atoms with Crippen molar-refractivity contribution in [1.29, 1.82) is 0 Å². The molecule has 0 aromatic carbocycles. The largest absolute Gasteiger partial charge is 0.163 e. The molecule has 0 aromatic rings. The van der Waals surface area contributed by atoms with Gasteiger partial charge < -0.3 is 0 Å². The van der Waals surface area contributed by atoms with E-state index in [2.05, 4.69) is 48.5 Å². The molecular formula is C7H14S4. The fourth-order valence-electron chi connectivity index (χ4n) is 0.931. The van der Waals surface area contributed by atoms with Crippen molar-refractivity contribution in [3.8, 4) is 0 Å². The van der Waals surface area contributed by atoms with Crippen LogP contribution in [0.4, 0.5) is 0 Å². The van der Waals surface area contributed by atoms with E-state index in [0.717, 1.165) is 9.16 Å². The standard InChI is InChI=1S/C7H14S4/c1-3-9-7-5-10-6(11-7)4-8-2/h6-7H,3-5H2,1-2H3. The first-order valence-electron chi connectivity index (χ1n) is 3.74. The van der Waals surface area contributed by atoms with E-state index in [-0.39, 0.29) is 0 Å². The summed E-state index contributed by atoms with van der Waals surface area (Å²) >= 11 is 8.37. The van der Waals surface area contributed by atoms with E-state index >= 15 is 0 Å². The molecule has 2 atom stereocenters. The molecule has 0 saturated carbocycles. The second kappa shape index (κ2) is 5.95. The van der Waals surface area contributed by atoms with E-state index in [1.807, 2.05) is 11.8 Å². The van der Waals surface area contributed by atoms with Gasteiger partial charge >= 0.3 is 0 Å². The molecule has 0 radical (unpaired) electrons. The van der Waals surface area contributed by atoms with Crippen molar-refractivity contribution in [2.75, 3.05) is 23.5 Å². The van der Waals surface area contributed by atoms with Crippen molar-refractivity contribution in [2.45, 2.75) is 16.1 Å². The molecule has 0 bridgehead atoms. The number of thioether (sulfide) groups is 4. The Bertz CT molecular complexity index is 94.6. The summed E-state index contributed by atoms with van der Waals surface area (Å²) in [6.45, 7) is 2.25. The van der Waals surface area contributed by atoms with Crippen LogP contribution in [0, 0.1) is 0 Å². The van der Waals surface area contributed by atoms with Gasteiger partial charge in [0.25, 0.3) is 0 Å². The number of rotatable bonds is 4. The summed E-state index contributed by atoms with van der Waals surface area (Å²) < 4.78 is 1.75. The molecular weight excluding hydrogens is 212 g/mol. The third-order valence-corrected chi connectivity index (χ3v) is 7.25. The van der Waals surface area contributed by atoms with Crippen LogP contribution in [0.15, 0.2) is 0 Å². The van der Waals surface area contributed by atoms with Gasteiger partial charge in [0.2, 0.25) is 0 Å². The zero-order valence-corrected chi connectivity index (χ0v) is 10.2. The highest BCUT2D eigenvalue weighted by Crippen LogP contribution is 2.43. The fraction of sp³-hybridized carbons (Fsp3) is 1.00. The maximum absolute atomic E-state index is 2.25. The van der Waals surface area contributed by atoms with Gasteiger partial charge in [0.15, 0.2) is 0 Å². The highest BCUT2D eigenvalue weighted by Gasteiger charge is 2.24. The summed E-state index contributed by atoms with van der Waals surface area (Å²) in [7, 11) is 0. The zero-order valence-electron chi connectivity index (χ0n) is 6.91. The Morgan fingerprint density at radius 2 is 2.36 bits per heavy atom. The molecule has 2 unspecified atom stereocenters. The number of hydrogen-bond donors (Lipinski definition) is 0. The molecule has 0 aliphatic carbocycles. The summed E-state index contributed by atoms with van der Waals surface area (Å²) in [5.74, 6) is 3.94. The molecule has 0 spiro atoms. The van der Waals surface area contributed by atoms with Gasteiger partial charge in [-0.15, -0.1) is 35.3 Å². The lowest BCUT2D eigenvalue weighted by Crippen LogP contribution is -1.96. The average molecular weight is 226 g/mol. The van der Waals surface area contributed by atoms with Gasteiger partial charge in [-0.2, -0.15) is 11.8 Å². The monoisotopic (exact) mass is 226 g/mol. The van der Waals surface area contributed by atoms with E-state index in [1.54, 1.807) is 0 Å². The number of hydrogen-bond acceptors (Lipinski definition) is 4. The summed E-state index contributed by atoms with van der Waals surface area (Å²) in [6, 6.07) is 0. The van der Waals surface area contributed by atoms with E-state index < -0.39 is 0 Å². The zero-order chi connectivity index (χ0) is 8.10. The van der Waals surface area contributed by atoms with Gasteiger partial charge in [-0.05, 0) is 12.0 Å². The molecule has 0 amide bonds. The molecule has 1 rings (SSSR count). The Morgan fingerprint density at radius 1 is 1.55 bits per heavy atom. The molecule has 0 aromatic heterocycles. The van der Waals surface area contributed by atoms with Crippen LogP contribution in [0.1, 0.15) is 6.92 Å². The Kier molecular flexibility index (Phi) is 5.67. The molecule has 1 aliphatic heterocycles. The molecule has 1 heterocycles. The average Bonchev–Trinajstić information content (AvgIpc) is 2.38. The summed E-state index contributed by atoms with van der Waals surface area (Å²) in [4.78, 5) is 0. The minimum atomic E-state index is 0.869. The van der Waals surface area contributed by atoms with E-state index in [1.165, 1.54) is 17.3 Å². The molecule has 1 aliphatic rings. The third-order valence-electron chi connectivity index (χ3n) is 1.38. The SMILES string of the molecule is CCSC1CSC(CSC)S1. The summed E-state index contributed by atoms with van der Waals surface area (Å²) in [6.07, 6.45) is 2.20. The molecule has 1 saturated heterocycles. The minimum Gasteiger partial charge on any atom is -0.163 e. The molecule has 66 valence electrons. The Balaban J connectivity index is 2.12. The Morgan fingerprint density at radius 3 is 3.00 bits per heavy atom. The normalized spacial score (nSPS) is 31.1. The predicted molar refractivity (Wildman–Crippen MR) is 64.1 cm³/mol. The molecule has 4 heteroatoms. The summed E-state index contributed by atoms with van der Waals surface area (Å²) in [5, 5.41) is 0. The van der Waals surface area contributed by atoms with E-state index in [0.29, 0.717) is 0 Å². The van der Waals surface area contributed by atoms with Crippen LogP contribution < -0.4 is 0 Å². The van der Waals surface area contributed by atoms with Crippen LogP contribution in [0.25, 0.3) is 0 Å². The molecule has 11 heavy (non-hydrogen) atoms. The predicted octanol–water partition coefficient (Wildman–Crippen LogP) is 3.23. The lowest BCUT2D eigenvalue weighted by molar-refractivity contribution is 1.43. The first-order valence-corrected chi connectivity index (χ1v) is 8.17. The Hall–Kier alpha value is 1.40. The minimum absolute atomic E-state index is 0.869. The van der Waals surface area contributed by atoms with Gasteiger partial charge in [-0.25, -0.2) is 0 Å². The highest BCUT2D eigenvalue weighted by molar-refractivity contribution is 8.28. The van der Waals surface area contributed by atoms with Crippen molar-refractivity contribution in [1.82, 2.24) is 0 Å². The molecule has 0 N–H and O–H groups in total. The van der Waals surface area contributed by atoms with E-state index in [4.69, 9.17) is 0 Å². The maximum Gasteiger partial charge on any atom is 0.0604 e. The van der Waals surface area contributed by atoms with Gasteiger partial charge in [-0.3, -0.25) is 0 Å². The lowest BCUT2D eigenvalue weighted by Gasteiger charge is -2.06. The lowest BCUT2D eigenvalue weighted by atomic mass is 10.9. The van der Waals surface area contributed by atoms with Gasteiger partial charge in [0.05, 0.1) is 9.16 Å². The van der Waals surface area contributed by atoms with Gasteiger partial charge in [-0.1, -0.05) is 6.92 Å². The van der Waals surface area contributed by atoms with Crippen molar-refractivity contribution in [2.24, 2.45) is 0 Å². The van der Waals surface area contributed by atoms with Crippen molar-refractivity contribution >= 4 is 47.0 Å². The van der Waals surface area contributed by atoms with Crippen molar-refractivity contribution in [3.63, 3.8) is 0 Å². The van der Waals surface area contributed by atoms with Crippen LogP contribution >= 0.6 is 47.0 Å². The topological polar surface area (TPSA) is 0 Å². The van der Waals surface area contributed by atoms with Crippen molar-refractivity contribution in [3.05, 3.63) is 0 Å². The van der Waals surface area contributed by atoms with Crippen LogP contribution in [0.3, 0.4) is 0 Å². The maximum atomic E-state index is 2.25. The quantitative estimate of drug-likeness (QED) is 0.721. The first kappa shape index (κ1) is 10.5. The van der Waals surface area contributed by atoms with Gasteiger partial charge in [0.1, 0.15) is 0 Å². The third kappa shape index (κ3) is 3.75. The van der Waals surface area contributed by atoms with Crippen LogP contribution in [-0.2, 0) is 0 Å². The van der Waals surface area contributed by atoms with Crippen LogP contribution in [-0.4, -0.2) is 32.7 Å². The van der Waals surface area contributed by atoms with Crippen LogP contribution in [0.5, 0.6) is 0 Å². The molecule has 1 fully saturated rings. The van der Waals surface area contributed by atoms with E-state index in [9.17, 15) is 0 Å². The van der Waals surface area contributed by atoms with Crippen LogP contribution in [0.2, 0.25) is 0 Å². The second-order valence-corrected chi connectivity index (χ2v) is 7.87. The summed E-state index contributed by atoms with van der Waals surface area (Å²) in [5.41, 5.74) is 0. The smallest absolute Gasteiger partial charge is 0.0604 e. The Labute approximate surface area is 86.4 Å². The van der Waals surface area contributed by atoms with Crippen molar-refractivity contribution < 1.29 is 0 Å². The fourth-order valence-corrected chi connectivity index (χ4v) is 7.26. The second-order valence-electron chi connectivity index (χ2n) is 2.24. The van der Waals surface area contributed by atoms with Gasteiger partial charge in [0, 0.05) is 11.5 Å². The highest BCUT2D eigenvalue weighted by atomic mass is 32.2.